The van der Waals surface area contributed by atoms with E-state index >= 15 is 0 Å². The maximum Gasteiger partial charge on any atom is 0.319 e. The molecular weight excluding hydrogens is 351 g/mol. The third-order valence-electron chi connectivity index (χ3n) is 3.58. The number of carbonyl (C=O) groups is 2. The average Bonchev–Trinajstić information content (AvgIpc) is 2.64. The van der Waals surface area contributed by atoms with Gasteiger partial charge in [-0.2, -0.15) is 0 Å². The van der Waals surface area contributed by atoms with E-state index in [1.54, 1.807) is 13.8 Å². The van der Waals surface area contributed by atoms with Gasteiger partial charge in [0.15, 0.2) is 11.6 Å². The molecular formula is C20H31O5P. The SMILES string of the molecule is CCCC#CC[C@H](C)C(=O)CO[PH](=O)OCC(=O)[C@@H](C)CC#CCCC. The number of hydrogen-bond donors (Lipinski definition) is 0. The van der Waals surface area contributed by atoms with E-state index in [0.717, 1.165) is 25.7 Å². The van der Waals surface area contributed by atoms with Crippen molar-refractivity contribution in [1.29, 1.82) is 0 Å². The summed E-state index contributed by atoms with van der Waals surface area (Å²) in [6.45, 7) is 7.02. The monoisotopic (exact) mass is 382 g/mol. The van der Waals surface area contributed by atoms with Gasteiger partial charge < -0.3 is 9.05 Å². The molecule has 0 aliphatic carbocycles. The van der Waals surface area contributed by atoms with Gasteiger partial charge in [0.05, 0.1) is 0 Å². The van der Waals surface area contributed by atoms with Crippen molar-refractivity contribution in [3.63, 3.8) is 0 Å². The normalized spacial score (nSPS) is 12.5. The molecule has 26 heavy (non-hydrogen) atoms. The van der Waals surface area contributed by atoms with Crippen LogP contribution in [0.25, 0.3) is 0 Å². The second-order valence-electron chi connectivity index (χ2n) is 6.18. The zero-order valence-corrected chi connectivity index (χ0v) is 17.4. The average molecular weight is 382 g/mol. The maximum absolute atomic E-state index is 11.9. The number of rotatable bonds is 12. The summed E-state index contributed by atoms with van der Waals surface area (Å²) in [6, 6.07) is 0. The lowest BCUT2D eigenvalue weighted by atomic mass is 10.0. The number of unbranched alkanes of at least 4 members (excludes halogenated alkanes) is 2. The molecule has 0 aromatic heterocycles. The highest BCUT2D eigenvalue weighted by atomic mass is 31.1. The van der Waals surface area contributed by atoms with E-state index in [9.17, 15) is 14.2 Å². The molecule has 5 nitrogen and oxygen atoms in total. The molecule has 0 radical (unpaired) electrons. The Kier molecular flexibility index (Phi) is 15.0. The highest BCUT2D eigenvalue weighted by molar-refractivity contribution is 7.33. The maximum atomic E-state index is 11.9. The molecule has 0 aromatic carbocycles. The van der Waals surface area contributed by atoms with Crippen LogP contribution in [0.4, 0.5) is 0 Å². The molecule has 0 saturated heterocycles. The van der Waals surface area contributed by atoms with Crippen LogP contribution in [-0.2, 0) is 23.2 Å². The minimum absolute atomic E-state index is 0.177. The lowest BCUT2D eigenvalue weighted by molar-refractivity contribution is -0.124. The van der Waals surface area contributed by atoms with Crippen LogP contribution in [-0.4, -0.2) is 24.8 Å². The van der Waals surface area contributed by atoms with Crippen molar-refractivity contribution in [3.05, 3.63) is 0 Å². The number of ketones is 2. The van der Waals surface area contributed by atoms with Gasteiger partial charge in [0, 0.05) is 37.5 Å². The third kappa shape index (κ3) is 12.9. The van der Waals surface area contributed by atoms with Crippen molar-refractivity contribution in [2.45, 2.75) is 66.2 Å². The van der Waals surface area contributed by atoms with Crippen molar-refractivity contribution < 1.29 is 23.2 Å². The lowest BCUT2D eigenvalue weighted by Crippen LogP contribution is -2.17. The lowest BCUT2D eigenvalue weighted by Gasteiger charge is -2.09. The predicted molar refractivity (Wildman–Crippen MR) is 104 cm³/mol. The minimum Gasteiger partial charge on any atom is -0.303 e. The van der Waals surface area contributed by atoms with Gasteiger partial charge in [-0.1, -0.05) is 27.7 Å². The van der Waals surface area contributed by atoms with Crippen LogP contribution in [0.5, 0.6) is 0 Å². The molecule has 2 atom stereocenters. The van der Waals surface area contributed by atoms with Gasteiger partial charge in [0.1, 0.15) is 13.2 Å². The van der Waals surface area contributed by atoms with Crippen molar-refractivity contribution in [2.24, 2.45) is 11.8 Å². The zero-order valence-electron chi connectivity index (χ0n) is 16.4. The fraction of sp³-hybridized carbons (Fsp3) is 0.700. The molecule has 0 fully saturated rings. The molecule has 0 N–H and O–H groups in total. The van der Waals surface area contributed by atoms with E-state index in [1.165, 1.54) is 0 Å². The van der Waals surface area contributed by atoms with Crippen molar-refractivity contribution >= 4 is 19.8 Å². The van der Waals surface area contributed by atoms with Gasteiger partial charge in [-0.25, -0.2) is 0 Å². The first kappa shape index (κ1) is 24.6. The molecule has 0 amide bonds. The van der Waals surface area contributed by atoms with Crippen molar-refractivity contribution in [3.8, 4) is 23.7 Å². The van der Waals surface area contributed by atoms with Crippen LogP contribution >= 0.6 is 8.25 Å². The first-order valence-corrected chi connectivity index (χ1v) is 10.4. The van der Waals surface area contributed by atoms with E-state index in [-0.39, 0.29) is 36.6 Å². The topological polar surface area (TPSA) is 69.7 Å². The van der Waals surface area contributed by atoms with Crippen LogP contribution in [0.1, 0.15) is 66.2 Å². The van der Waals surface area contributed by atoms with Gasteiger partial charge in [-0.3, -0.25) is 14.2 Å². The first-order chi connectivity index (χ1) is 12.4. The summed E-state index contributed by atoms with van der Waals surface area (Å²) in [5.41, 5.74) is 0. The summed E-state index contributed by atoms with van der Waals surface area (Å²) in [6.07, 6.45) is 4.52. The highest BCUT2D eigenvalue weighted by Gasteiger charge is 2.16. The molecule has 0 aliphatic rings. The molecule has 146 valence electrons. The van der Waals surface area contributed by atoms with E-state index in [2.05, 4.69) is 23.7 Å². The molecule has 6 heteroatoms. The van der Waals surface area contributed by atoms with Gasteiger partial charge in [-0.15, -0.1) is 23.7 Å². The predicted octanol–water partition coefficient (Wildman–Crippen LogP) is 4.21. The van der Waals surface area contributed by atoms with Crippen molar-refractivity contribution in [2.75, 3.05) is 13.2 Å². The summed E-state index contributed by atoms with van der Waals surface area (Å²) in [5.74, 6) is 10.9. The molecule has 0 saturated carbocycles. The fourth-order valence-corrected chi connectivity index (χ4v) is 2.29. The summed E-state index contributed by atoms with van der Waals surface area (Å²) in [5, 5.41) is 0. The highest BCUT2D eigenvalue weighted by Crippen LogP contribution is 2.24. The largest absolute Gasteiger partial charge is 0.319 e. The Morgan fingerprint density at radius 3 is 1.54 bits per heavy atom. The summed E-state index contributed by atoms with van der Waals surface area (Å²) >= 11 is 0. The smallest absolute Gasteiger partial charge is 0.303 e. The quantitative estimate of drug-likeness (QED) is 0.374. The van der Waals surface area contributed by atoms with E-state index in [1.807, 2.05) is 13.8 Å². The Labute approximate surface area is 158 Å². The Balaban J connectivity index is 4.05. The number of carbonyl (C=O) groups excluding carboxylic acids is 2. The molecule has 0 spiro atoms. The Hall–Kier alpha value is -1.39. The molecule has 0 heterocycles. The van der Waals surface area contributed by atoms with Gasteiger partial charge >= 0.3 is 8.25 Å². The Bertz CT molecular complexity index is 526. The van der Waals surface area contributed by atoms with E-state index in [0.29, 0.717) is 12.8 Å². The second kappa shape index (κ2) is 15.8. The van der Waals surface area contributed by atoms with E-state index < -0.39 is 8.25 Å². The van der Waals surface area contributed by atoms with Crippen molar-refractivity contribution in [1.82, 2.24) is 0 Å². The van der Waals surface area contributed by atoms with Crippen LogP contribution in [0.15, 0.2) is 0 Å². The number of hydrogen-bond acceptors (Lipinski definition) is 5. The molecule has 0 rings (SSSR count). The van der Waals surface area contributed by atoms with Gasteiger partial charge in [-0.05, 0) is 12.8 Å². The first-order valence-electron chi connectivity index (χ1n) is 9.18. The van der Waals surface area contributed by atoms with Gasteiger partial charge in [0.25, 0.3) is 0 Å². The summed E-state index contributed by atoms with van der Waals surface area (Å²) in [7, 11) is -2.87. The third-order valence-corrected chi connectivity index (χ3v) is 4.34. The van der Waals surface area contributed by atoms with Crippen LogP contribution in [0.3, 0.4) is 0 Å². The molecule has 0 aliphatic heterocycles. The van der Waals surface area contributed by atoms with Crippen LogP contribution < -0.4 is 0 Å². The minimum atomic E-state index is -2.87. The standard InChI is InChI=1S/C20H31O5P/c1-5-7-9-11-13-17(3)19(21)15-24-26(23)25-16-20(22)18(4)14-12-10-8-6-2/h17-18,26H,5-8,13-16H2,1-4H3/t17-,18-/m0/s1. The molecule has 0 unspecified atom stereocenters. The van der Waals surface area contributed by atoms with Crippen LogP contribution in [0, 0.1) is 35.5 Å². The summed E-state index contributed by atoms with van der Waals surface area (Å²) in [4.78, 5) is 23.8. The van der Waals surface area contributed by atoms with E-state index in [4.69, 9.17) is 9.05 Å². The molecule has 0 bridgehead atoms. The fourth-order valence-electron chi connectivity index (χ4n) is 1.69. The second-order valence-corrected chi connectivity index (χ2v) is 7.25. The Morgan fingerprint density at radius 2 is 1.19 bits per heavy atom. The van der Waals surface area contributed by atoms with Gasteiger partial charge in [0.2, 0.25) is 0 Å². The summed E-state index contributed by atoms with van der Waals surface area (Å²) < 4.78 is 21.6. The zero-order chi connectivity index (χ0) is 19.8. The van der Waals surface area contributed by atoms with Crippen LogP contribution in [0.2, 0.25) is 0 Å². The molecule has 0 aromatic rings. The Morgan fingerprint density at radius 1 is 0.808 bits per heavy atom. The number of Topliss-reactive ketones (excluding diaryl/α,β-unsaturated/α-hetero) is 2.